The van der Waals surface area contributed by atoms with Gasteiger partial charge >= 0.3 is 0 Å². The van der Waals surface area contributed by atoms with E-state index in [0.29, 0.717) is 6.54 Å². The molecule has 7 heteroatoms. The van der Waals surface area contributed by atoms with Crippen molar-refractivity contribution in [1.82, 2.24) is 15.5 Å². The summed E-state index contributed by atoms with van der Waals surface area (Å²) in [7, 11) is 1.79. The lowest BCUT2D eigenvalue weighted by atomic mass is 10.2. The van der Waals surface area contributed by atoms with Crippen molar-refractivity contribution >= 4 is 41.5 Å². The molecule has 24 heavy (non-hydrogen) atoms. The van der Waals surface area contributed by atoms with Gasteiger partial charge in [-0.2, -0.15) is 0 Å². The number of guanidine groups is 1. The van der Waals surface area contributed by atoms with Crippen LogP contribution in [0.5, 0.6) is 0 Å². The summed E-state index contributed by atoms with van der Waals surface area (Å²) in [5.74, 6) is 0.816. The fourth-order valence-corrected chi connectivity index (χ4v) is 2.74. The lowest BCUT2D eigenvalue weighted by Gasteiger charge is -2.26. The first-order chi connectivity index (χ1) is 11.3. The number of ether oxygens (including phenoxy) is 1. The number of hydrogen-bond acceptors (Lipinski definition) is 3. The van der Waals surface area contributed by atoms with Crippen molar-refractivity contribution in [3.63, 3.8) is 0 Å². The molecule has 2 rings (SSSR count). The molecule has 0 radical (unpaired) electrons. The Morgan fingerprint density at radius 1 is 1.21 bits per heavy atom. The van der Waals surface area contributed by atoms with E-state index in [2.05, 4.69) is 20.5 Å². The van der Waals surface area contributed by atoms with Gasteiger partial charge in [0, 0.05) is 38.2 Å². The number of benzene rings is 1. The maximum Gasteiger partial charge on any atom is 0.191 e. The van der Waals surface area contributed by atoms with Crippen molar-refractivity contribution < 1.29 is 4.74 Å². The highest BCUT2D eigenvalue weighted by molar-refractivity contribution is 14.0. The summed E-state index contributed by atoms with van der Waals surface area (Å²) < 4.78 is 5.36. The Labute approximate surface area is 167 Å². The monoisotopic (exact) mass is 466 g/mol. The van der Waals surface area contributed by atoms with Crippen LogP contribution in [0.4, 0.5) is 0 Å². The van der Waals surface area contributed by atoms with E-state index in [1.54, 1.807) is 7.05 Å². The molecule has 1 aromatic carbocycles. The molecule has 5 nitrogen and oxygen atoms in total. The smallest absolute Gasteiger partial charge is 0.191 e. The van der Waals surface area contributed by atoms with Crippen LogP contribution in [0, 0.1) is 0 Å². The largest absolute Gasteiger partial charge is 0.379 e. The van der Waals surface area contributed by atoms with Gasteiger partial charge in [0.15, 0.2) is 5.96 Å². The molecular weight excluding hydrogens is 439 g/mol. The molecule has 2 N–H and O–H groups in total. The molecule has 1 aliphatic heterocycles. The maximum absolute atomic E-state index is 6.16. The highest BCUT2D eigenvalue weighted by Gasteiger charge is 2.09. The molecular formula is C17H28ClIN4O. The highest BCUT2D eigenvalue weighted by atomic mass is 127. The summed E-state index contributed by atoms with van der Waals surface area (Å²) in [6.07, 6.45) is 2.32. The minimum absolute atomic E-state index is 0. The van der Waals surface area contributed by atoms with Gasteiger partial charge in [0.1, 0.15) is 0 Å². The summed E-state index contributed by atoms with van der Waals surface area (Å²) in [6.45, 7) is 6.62. The number of nitrogens with one attached hydrogen (secondary N) is 2. The zero-order valence-corrected chi connectivity index (χ0v) is 17.3. The minimum Gasteiger partial charge on any atom is -0.379 e. The highest BCUT2D eigenvalue weighted by Crippen LogP contribution is 2.14. The van der Waals surface area contributed by atoms with Gasteiger partial charge in [0.2, 0.25) is 0 Å². The van der Waals surface area contributed by atoms with Crippen LogP contribution in [0.1, 0.15) is 18.4 Å². The number of aliphatic imine (C=N–C) groups is 1. The second-order valence-electron chi connectivity index (χ2n) is 5.61. The average molecular weight is 467 g/mol. The van der Waals surface area contributed by atoms with Crippen LogP contribution >= 0.6 is 35.6 Å². The first kappa shape index (κ1) is 21.5. The minimum atomic E-state index is 0. The van der Waals surface area contributed by atoms with E-state index in [4.69, 9.17) is 16.3 Å². The summed E-state index contributed by atoms with van der Waals surface area (Å²) >= 11 is 6.16. The van der Waals surface area contributed by atoms with Gasteiger partial charge in [0.25, 0.3) is 0 Å². The van der Waals surface area contributed by atoms with Crippen LogP contribution < -0.4 is 10.6 Å². The molecule has 0 unspecified atom stereocenters. The Kier molecular flexibility index (Phi) is 11.4. The molecule has 1 fully saturated rings. The first-order valence-corrected chi connectivity index (χ1v) is 8.65. The summed E-state index contributed by atoms with van der Waals surface area (Å²) in [6, 6.07) is 7.85. The fourth-order valence-electron chi connectivity index (χ4n) is 2.53. The molecule has 136 valence electrons. The lowest BCUT2D eigenvalue weighted by molar-refractivity contribution is 0.0372. The van der Waals surface area contributed by atoms with E-state index in [1.807, 2.05) is 24.3 Å². The Bertz CT molecular complexity index is 495. The molecule has 1 heterocycles. The predicted octanol–water partition coefficient (Wildman–Crippen LogP) is 2.74. The Morgan fingerprint density at radius 2 is 1.96 bits per heavy atom. The number of morpholine rings is 1. The molecule has 1 saturated heterocycles. The molecule has 0 aromatic heterocycles. The third-order valence-electron chi connectivity index (χ3n) is 3.92. The van der Waals surface area contributed by atoms with Crippen molar-refractivity contribution in [2.24, 2.45) is 4.99 Å². The molecule has 0 aliphatic carbocycles. The molecule has 1 aromatic rings. The third kappa shape index (κ3) is 8.00. The predicted molar refractivity (Wildman–Crippen MR) is 112 cm³/mol. The lowest BCUT2D eigenvalue weighted by Crippen LogP contribution is -2.38. The van der Waals surface area contributed by atoms with Gasteiger partial charge in [-0.3, -0.25) is 9.89 Å². The standard InChI is InChI=1S/C17H27ClN4O.HI/c1-19-17(21-14-15-6-2-3-7-16(15)18)20-8-4-5-9-22-10-12-23-13-11-22;/h2-3,6-7H,4-5,8-14H2,1H3,(H2,19,20,21);1H. The number of hydrogen-bond donors (Lipinski definition) is 2. The van der Waals surface area contributed by atoms with E-state index in [9.17, 15) is 0 Å². The van der Waals surface area contributed by atoms with Gasteiger partial charge in [-0.15, -0.1) is 24.0 Å². The fraction of sp³-hybridized carbons (Fsp3) is 0.588. The normalized spacial score (nSPS) is 15.7. The van der Waals surface area contributed by atoms with Crippen molar-refractivity contribution in [3.8, 4) is 0 Å². The average Bonchev–Trinajstić information content (AvgIpc) is 2.59. The SMILES string of the molecule is CN=C(NCCCCN1CCOCC1)NCc1ccccc1Cl.I. The van der Waals surface area contributed by atoms with E-state index in [-0.39, 0.29) is 24.0 Å². The molecule has 0 saturated carbocycles. The summed E-state index contributed by atoms with van der Waals surface area (Å²) in [5.41, 5.74) is 1.07. The van der Waals surface area contributed by atoms with Crippen LogP contribution in [0.25, 0.3) is 0 Å². The van der Waals surface area contributed by atoms with E-state index in [0.717, 1.165) is 62.4 Å². The zero-order chi connectivity index (χ0) is 16.3. The van der Waals surface area contributed by atoms with E-state index in [1.165, 1.54) is 6.42 Å². The van der Waals surface area contributed by atoms with Crippen LogP contribution in [-0.4, -0.2) is 57.3 Å². The number of unbranched alkanes of at least 4 members (excludes halogenated alkanes) is 1. The number of rotatable bonds is 7. The van der Waals surface area contributed by atoms with Gasteiger partial charge in [-0.05, 0) is 31.0 Å². The van der Waals surface area contributed by atoms with Crippen LogP contribution in [-0.2, 0) is 11.3 Å². The van der Waals surface area contributed by atoms with Crippen molar-refractivity contribution in [1.29, 1.82) is 0 Å². The van der Waals surface area contributed by atoms with Gasteiger partial charge < -0.3 is 15.4 Å². The molecule has 1 aliphatic rings. The van der Waals surface area contributed by atoms with Crippen molar-refractivity contribution in [2.45, 2.75) is 19.4 Å². The van der Waals surface area contributed by atoms with Crippen molar-refractivity contribution in [2.75, 3.05) is 46.4 Å². The van der Waals surface area contributed by atoms with Gasteiger partial charge in [-0.1, -0.05) is 29.8 Å². The van der Waals surface area contributed by atoms with E-state index >= 15 is 0 Å². The van der Waals surface area contributed by atoms with Crippen LogP contribution in [0.2, 0.25) is 5.02 Å². The first-order valence-electron chi connectivity index (χ1n) is 8.27. The number of nitrogens with zero attached hydrogens (tertiary/aromatic N) is 2. The van der Waals surface area contributed by atoms with Crippen molar-refractivity contribution in [3.05, 3.63) is 34.9 Å². The van der Waals surface area contributed by atoms with Crippen LogP contribution in [0.15, 0.2) is 29.3 Å². The van der Waals surface area contributed by atoms with Gasteiger partial charge in [-0.25, -0.2) is 0 Å². The Hall–Kier alpha value is -0.570. The molecule has 0 spiro atoms. The zero-order valence-electron chi connectivity index (χ0n) is 14.3. The molecule has 0 bridgehead atoms. The summed E-state index contributed by atoms with van der Waals surface area (Å²) in [4.78, 5) is 6.71. The Morgan fingerprint density at radius 3 is 2.67 bits per heavy atom. The molecule has 0 atom stereocenters. The second-order valence-corrected chi connectivity index (χ2v) is 6.01. The summed E-state index contributed by atoms with van der Waals surface area (Å²) in [5, 5.41) is 7.42. The quantitative estimate of drug-likeness (QED) is 0.281. The number of halogens is 2. The van der Waals surface area contributed by atoms with E-state index < -0.39 is 0 Å². The Balaban J connectivity index is 0.00000288. The van der Waals surface area contributed by atoms with Crippen LogP contribution in [0.3, 0.4) is 0 Å². The molecule has 0 amide bonds. The maximum atomic E-state index is 6.16. The second kappa shape index (κ2) is 12.7. The topological polar surface area (TPSA) is 48.9 Å². The third-order valence-corrected chi connectivity index (χ3v) is 4.29. The van der Waals surface area contributed by atoms with Gasteiger partial charge in [0.05, 0.1) is 13.2 Å².